The van der Waals surface area contributed by atoms with Crippen molar-refractivity contribution in [1.82, 2.24) is 0 Å². The molecule has 0 radical (unpaired) electrons. The van der Waals surface area contributed by atoms with Gasteiger partial charge in [0.05, 0.1) is 13.2 Å². The van der Waals surface area contributed by atoms with Gasteiger partial charge < -0.3 is 24.6 Å². The molecule has 0 aliphatic carbocycles. The number of hydrogen-bond donors (Lipinski definition) is 3. The van der Waals surface area contributed by atoms with E-state index >= 15 is 0 Å². The summed E-state index contributed by atoms with van der Waals surface area (Å²) in [6.45, 7) is 2.64. The first-order valence-electron chi connectivity index (χ1n) is 20.8. The first-order valence-corrected chi connectivity index (χ1v) is 22.3. The molecule has 0 heterocycles. The molecule has 10 nitrogen and oxygen atoms in total. The Morgan fingerprint density at radius 3 is 1.38 bits per heavy atom. The van der Waals surface area contributed by atoms with Crippen molar-refractivity contribution in [2.75, 3.05) is 19.8 Å². The minimum atomic E-state index is -4.76. The lowest BCUT2D eigenvalue weighted by Gasteiger charge is -2.20. The highest BCUT2D eigenvalue weighted by Gasteiger charge is 2.28. The summed E-state index contributed by atoms with van der Waals surface area (Å²) < 4.78 is 32.1. The number of aliphatic hydroxyl groups excluding tert-OH is 2. The number of phosphoric ester groups is 1. The highest BCUT2D eigenvalue weighted by Crippen LogP contribution is 2.44. The normalized spacial score (nSPS) is 14.2. The van der Waals surface area contributed by atoms with Crippen molar-refractivity contribution in [2.45, 2.75) is 206 Å². The van der Waals surface area contributed by atoms with E-state index in [0.717, 1.165) is 77.0 Å². The summed E-state index contributed by atoms with van der Waals surface area (Å²) in [4.78, 5) is 34.7. The third-order valence-electron chi connectivity index (χ3n) is 8.85. The Labute approximate surface area is 317 Å². The van der Waals surface area contributed by atoms with E-state index in [-0.39, 0.29) is 19.4 Å². The van der Waals surface area contributed by atoms with Gasteiger partial charge in [0.2, 0.25) is 0 Å². The Balaban J connectivity index is 4.28. The van der Waals surface area contributed by atoms with Gasteiger partial charge in [-0.25, -0.2) is 4.57 Å². The largest absolute Gasteiger partial charge is 0.474 e. The summed E-state index contributed by atoms with van der Waals surface area (Å²) in [6, 6.07) is 0. The van der Waals surface area contributed by atoms with E-state index in [1.807, 2.05) is 0 Å². The van der Waals surface area contributed by atoms with Gasteiger partial charge in [-0.1, -0.05) is 141 Å². The minimum absolute atomic E-state index is 0.161. The van der Waals surface area contributed by atoms with Crippen molar-refractivity contribution < 1.29 is 47.8 Å². The lowest BCUT2D eigenvalue weighted by Crippen LogP contribution is -2.30. The zero-order chi connectivity index (χ0) is 38.4. The molecule has 0 aliphatic rings. The second kappa shape index (κ2) is 37.8. The van der Waals surface area contributed by atoms with Crippen LogP contribution in [0, 0.1) is 0 Å². The van der Waals surface area contributed by atoms with Crippen LogP contribution >= 0.6 is 7.82 Å². The number of hydrogen-bond acceptors (Lipinski definition) is 9. The SMILES string of the molecule is CCCCCCCC/C=C/CCCCCCCC(=O)OCC(COP(=O)(O)OC(O)CO)OC(=O)CCCCCCC/C=C/CCCCCCCC. The molecular weight excluding hydrogens is 683 g/mol. The molecule has 52 heavy (non-hydrogen) atoms. The Hall–Kier alpha value is -1.55. The standard InChI is InChI=1S/C41H77O10P/c1-3-5-7-9-11-13-15-17-19-21-23-25-27-29-31-33-39(43)48-36-38(37-49-52(46,47)51-41(45)35-42)50-40(44)34-32-30-28-26-24-22-20-18-16-14-12-10-8-6-4-2/h17-20,38,41-42,45H,3-16,21-37H2,1-2H3,(H,46,47)/b19-17+,20-18+. The van der Waals surface area contributed by atoms with Crippen molar-refractivity contribution >= 4 is 19.8 Å². The maximum absolute atomic E-state index is 12.5. The predicted molar refractivity (Wildman–Crippen MR) is 210 cm³/mol. The molecule has 3 atom stereocenters. The van der Waals surface area contributed by atoms with Crippen molar-refractivity contribution in [3.63, 3.8) is 0 Å². The number of ether oxygens (including phenoxy) is 2. The second-order valence-corrected chi connectivity index (χ2v) is 15.4. The molecule has 0 aromatic carbocycles. The van der Waals surface area contributed by atoms with Gasteiger partial charge >= 0.3 is 19.8 Å². The van der Waals surface area contributed by atoms with E-state index in [4.69, 9.17) is 19.1 Å². The second-order valence-electron chi connectivity index (χ2n) is 14.0. The summed E-state index contributed by atoms with van der Waals surface area (Å²) in [5.74, 6) is -0.973. The molecule has 0 saturated carbocycles. The number of unbranched alkanes of at least 4 members (excludes halogenated alkanes) is 22. The van der Waals surface area contributed by atoms with Gasteiger partial charge in [0.25, 0.3) is 0 Å². The van der Waals surface area contributed by atoms with Crippen LogP contribution < -0.4 is 0 Å². The topological polar surface area (TPSA) is 149 Å². The molecule has 0 aromatic rings. The summed E-state index contributed by atoms with van der Waals surface area (Å²) in [6.07, 6.45) is 36.4. The lowest BCUT2D eigenvalue weighted by atomic mass is 10.1. The molecule has 0 spiro atoms. The zero-order valence-corrected chi connectivity index (χ0v) is 33.9. The fraction of sp³-hybridized carbons (Fsp3) is 0.854. The predicted octanol–water partition coefficient (Wildman–Crippen LogP) is 11.0. The molecule has 0 bridgehead atoms. The van der Waals surface area contributed by atoms with Crippen LogP contribution in [0.15, 0.2) is 24.3 Å². The summed E-state index contributed by atoms with van der Waals surface area (Å²) in [5.41, 5.74) is 0. The van der Waals surface area contributed by atoms with E-state index in [9.17, 15) is 24.2 Å². The number of aliphatic hydroxyl groups is 2. The van der Waals surface area contributed by atoms with Crippen molar-refractivity contribution in [3.8, 4) is 0 Å². The number of carbonyl (C=O) groups excluding carboxylic acids is 2. The van der Waals surface area contributed by atoms with E-state index in [0.29, 0.717) is 12.8 Å². The molecular formula is C41H77O10P. The first kappa shape index (κ1) is 50.5. The first-order chi connectivity index (χ1) is 25.2. The van der Waals surface area contributed by atoms with Crippen LogP contribution in [-0.4, -0.2) is 59.3 Å². The van der Waals surface area contributed by atoms with Gasteiger partial charge in [0.15, 0.2) is 12.4 Å². The van der Waals surface area contributed by atoms with Crippen LogP contribution in [-0.2, 0) is 32.7 Å². The van der Waals surface area contributed by atoms with E-state index in [1.165, 1.54) is 77.0 Å². The molecule has 3 unspecified atom stereocenters. The maximum atomic E-state index is 12.5. The lowest BCUT2D eigenvalue weighted by molar-refractivity contribution is -0.161. The Morgan fingerprint density at radius 1 is 0.577 bits per heavy atom. The van der Waals surface area contributed by atoms with E-state index < -0.39 is 45.4 Å². The molecule has 0 amide bonds. The smallest absolute Gasteiger partial charge is 0.462 e. The monoisotopic (exact) mass is 761 g/mol. The van der Waals surface area contributed by atoms with Gasteiger partial charge in [0, 0.05) is 12.8 Å². The molecule has 0 fully saturated rings. The third-order valence-corrected chi connectivity index (χ3v) is 9.83. The van der Waals surface area contributed by atoms with Crippen LogP contribution in [0.5, 0.6) is 0 Å². The number of phosphoric acid groups is 1. The highest BCUT2D eigenvalue weighted by molar-refractivity contribution is 7.47. The molecule has 0 aliphatic heterocycles. The van der Waals surface area contributed by atoms with Crippen molar-refractivity contribution in [3.05, 3.63) is 24.3 Å². The van der Waals surface area contributed by atoms with Crippen LogP contribution in [0.2, 0.25) is 0 Å². The molecule has 11 heteroatoms. The number of carbonyl (C=O) groups is 2. The average Bonchev–Trinajstić information content (AvgIpc) is 3.12. The summed E-state index contributed by atoms with van der Waals surface area (Å²) in [5, 5.41) is 18.2. The van der Waals surface area contributed by atoms with Gasteiger partial charge in [0.1, 0.15) is 6.61 Å². The Morgan fingerprint density at radius 2 is 0.962 bits per heavy atom. The van der Waals surface area contributed by atoms with Gasteiger partial charge in [-0.05, 0) is 64.2 Å². The molecule has 3 N–H and O–H groups in total. The number of allylic oxidation sites excluding steroid dienone is 4. The Kier molecular flexibility index (Phi) is 36.6. The maximum Gasteiger partial charge on any atom is 0.474 e. The quantitative estimate of drug-likeness (QED) is 0.0182. The van der Waals surface area contributed by atoms with E-state index in [1.54, 1.807) is 0 Å². The Bertz CT molecular complexity index is 925. The van der Waals surface area contributed by atoms with Crippen LogP contribution in [0.3, 0.4) is 0 Å². The average molecular weight is 761 g/mol. The minimum Gasteiger partial charge on any atom is -0.462 e. The van der Waals surface area contributed by atoms with Gasteiger partial charge in [-0.2, -0.15) is 0 Å². The molecule has 0 aromatic heterocycles. The fourth-order valence-electron chi connectivity index (χ4n) is 5.69. The van der Waals surface area contributed by atoms with Crippen LogP contribution in [0.25, 0.3) is 0 Å². The number of rotatable bonds is 39. The molecule has 0 rings (SSSR count). The number of esters is 2. The molecule has 306 valence electrons. The van der Waals surface area contributed by atoms with Gasteiger partial charge in [-0.15, -0.1) is 0 Å². The van der Waals surface area contributed by atoms with Crippen molar-refractivity contribution in [2.24, 2.45) is 0 Å². The third kappa shape index (κ3) is 36.8. The zero-order valence-electron chi connectivity index (χ0n) is 33.0. The van der Waals surface area contributed by atoms with Crippen LogP contribution in [0.1, 0.15) is 194 Å². The molecule has 0 saturated heterocycles. The van der Waals surface area contributed by atoms with Crippen LogP contribution in [0.4, 0.5) is 0 Å². The van der Waals surface area contributed by atoms with E-state index in [2.05, 4.69) is 42.7 Å². The van der Waals surface area contributed by atoms with Crippen molar-refractivity contribution in [1.29, 1.82) is 0 Å². The summed E-state index contributed by atoms with van der Waals surface area (Å²) in [7, 11) is -4.76. The summed E-state index contributed by atoms with van der Waals surface area (Å²) >= 11 is 0. The fourth-order valence-corrected chi connectivity index (χ4v) is 6.48. The highest BCUT2D eigenvalue weighted by atomic mass is 31.2. The van der Waals surface area contributed by atoms with Gasteiger partial charge in [-0.3, -0.25) is 18.6 Å².